The fraction of sp³-hybridized carbons (Fsp3) is 0.636. The van der Waals surface area contributed by atoms with Crippen molar-refractivity contribution in [3.05, 3.63) is 30.0 Å². The van der Waals surface area contributed by atoms with Crippen molar-refractivity contribution >= 4 is 28.4 Å². The quantitative estimate of drug-likeness (QED) is 0.749. The molecule has 1 saturated carbocycles. The molecule has 0 amide bonds. The zero-order valence-electron chi connectivity index (χ0n) is 16.9. The SMILES string of the molecule is Fc1cc(NC2CCCC2)cc2nc(CSC3CCN(C4CNC4)CC3)ncc12. The van der Waals surface area contributed by atoms with Gasteiger partial charge in [-0.1, -0.05) is 12.8 Å². The molecule has 0 radical (unpaired) electrons. The maximum atomic E-state index is 14.5. The molecule has 5 nitrogen and oxygen atoms in total. The average Bonchev–Trinajstić information content (AvgIpc) is 3.19. The number of hydrogen-bond acceptors (Lipinski definition) is 6. The number of hydrogen-bond donors (Lipinski definition) is 2. The lowest BCUT2D eigenvalue weighted by Gasteiger charge is -2.42. The van der Waals surface area contributed by atoms with Gasteiger partial charge in [-0.05, 0) is 50.9 Å². The average molecular weight is 416 g/mol. The third kappa shape index (κ3) is 4.52. The van der Waals surface area contributed by atoms with Crippen molar-refractivity contribution in [3.63, 3.8) is 0 Å². The Labute approximate surface area is 176 Å². The van der Waals surface area contributed by atoms with Gasteiger partial charge in [0.15, 0.2) is 0 Å². The van der Waals surface area contributed by atoms with E-state index in [4.69, 9.17) is 4.98 Å². The summed E-state index contributed by atoms with van der Waals surface area (Å²) in [6, 6.07) is 4.79. The van der Waals surface area contributed by atoms with Crippen molar-refractivity contribution < 1.29 is 4.39 Å². The Morgan fingerprint density at radius 1 is 1.14 bits per heavy atom. The van der Waals surface area contributed by atoms with Crippen LogP contribution in [0.5, 0.6) is 0 Å². The first-order chi connectivity index (χ1) is 14.2. The Morgan fingerprint density at radius 2 is 1.93 bits per heavy atom. The van der Waals surface area contributed by atoms with Crippen LogP contribution >= 0.6 is 11.8 Å². The third-order valence-corrected chi connectivity index (χ3v) is 7.99. The highest BCUT2D eigenvalue weighted by atomic mass is 32.2. The van der Waals surface area contributed by atoms with Gasteiger partial charge in [-0.15, -0.1) is 0 Å². The molecule has 2 aliphatic heterocycles. The normalized spacial score (nSPS) is 22.2. The molecule has 1 aromatic heterocycles. The van der Waals surface area contributed by atoms with E-state index in [0.717, 1.165) is 36.4 Å². The van der Waals surface area contributed by atoms with Gasteiger partial charge >= 0.3 is 0 Å². The second-order valence-corrected chi connectivity index (χ2v) is 9.95. The van der Waals surface area contributed by atoms with E-state index in [1.54, 1.807) is 12.3 Å². The number of benzene rings is 1. The number of rotatable bonds is 6. The second kappa shape index (κ2) is 8.74. The molecule has 29 heavy (non-hydrogen) atoms. The molecule has 3 fully saturated rings. The number of nitrogens with one attached hydrogen (secondary N) is 2. The van der Waals surface area contributed by atoms with Crippen LogP contribution in [0, 0.1) is 5.82 Å². The summed E-state index contributed by atoms with van der Waals surface area (Å²) in [7, 11) is 0. The zero-order chi connectivity index (χ0) is 19.6. The van der Waals surface area contributed by atoms with Crippen molar-refractivity contribution in [1.82, 2.24) is 20.2 Å². The Bertz CT molecular complexity index is 844. The molecule has 2 aromatic rings. The van der Waals surface area contributed by atoms with Crippen LogP contribution in [-0.4, -0.2) is 58.4 Å². The van der Waals surface area contributed by atoms with Crippen LogP contribution in [0.2, 0.25) is 0 Å². The molecule has 2 N–H and O–H groups in total. The molecule has 3 aliphatic rings. The van der Waals surface area contributed by atoms with E-state index in [1.807, 2.05) is 17.8 Å². The van der Waals surface area contributed by atoms with Crippen molar-refractivity contribution in [2.75, 3.05) is 31.5 Å². The van der Waals surface area contributed by atoms with Crippen LogP contribution < -0.4 is 10.6 Å². The summed E-state index contributed by atoms with van der Waals surface area (Å²) in [5.41, 5.74) is 1.56. The maximum Gasteiger partial charge on any atom is 0.138 e. The smallest absolute Gasteiger partial charge is 0.138 e. The molecule has 2 saturated heterocycles. The molecule has 0 atom stereocenters. The molecule has 3 heterocycles. The lowest BCUT2D eigenvalue weighted by Crippen LogP contribution is -2.58. The van der Waals surface area contributed by atoms with Gasteiger partial charge in [0.05, 0.1) is 16.7 Å². The van der Waals surface area contributed by atoms with E-state index in [-0.39, 0.29) is 5.82 Å². The van der Waals surface area contributed by atoms with E-state index in [0.29, 0.717) is 22.2 Å². The molecule has 1 aliphatic carbocycles. The molecule has 1 aromatic carbocycles. The van der Waals surface area contributed by atoms with Crippen molar-refractivity contribution in [2.24, 2.45) is 0 Å². The van der Waals surface area contributed by atoms with Crippen LogP contribution in [0.15, 0.2) is 18.3 Å². The van der Waals surface area contributed by atoms with Crippen molar-refractivity contribution in [1.29, 1.82) is 0 Å². The highest BCUT2D eigenvalue weighted by Gasteiger charge is 2.28. The standard InChI is InChI=1S/C22H30FN5S/c23-20-9-16(26-15-3-1-2-4-15)10-21-19(20)13-25-22(27-21)14-29-18-5-7-28(8-6-18)17-11-24-12-17/h9-10,13,15,17-18,24,26H,1-8,11-12,14H2. The summed E-state index contributed by atoms with van der Waals surface area (Å²) >= 11 is 1.96. The summed E-state index contributed by atoms with van der Waals surface area (Å²) in [5.74, 6) is 1.37. The Hall–Kier alpha value is -1.44. The molecule has 5 rings (SSSR count). The summed E-state index contributed by atoms with van der Waals surface area (Å²) in [6.07, 6.45) is 8.97. The molecular formula is C22H30FN5S. The fourth-order valence-corrected chi connectivity index (χ4v) is 5.79. The van der Waals surface area contributed by atoms with E-state index in [1.165, 1.54) is 51.6 Å². The Balaban J connectivity index is 1.21. The van der Waals surface area contributed by atoms with Crippen LogP contribution in [0.4, 0.5) is 10.1 Å². The summed E-state index contributed by atoms with van der Waals surface area (Å²) in [5, 5.41) is 8.03. The second-order valence-electron chi connectivity index (χ2n) is 8.66. The van der Waals surface area contributed by atoms with Crippen LogP contribution in [0.25, 0.3) is 10.9 Å². The summed E-state index contributed by atoms with van der Waals surface area (Å²) < 4.78 is 14.5. The number of anilines is 1. The van der Waals surface area contributed by atoms with Crippen molar-refractivity contribution in [2.45, 2.75) is 61.6 Å². The van der Waals surface area contributed by atoms with Gasteiger partial charge in [0, 0.05) is 42.3 Å². The Morgan fingerprint density at radius 3 is 2.66 bits per heavy atom. The van der Waals surface area contributed by atoms with E-state index < -0.39 is 0 Å². The van der Waals surface area contributed by atoms with Crippen LogP contribution in [-0.2, 0) is 5.75 Å². The molecule has 0 unspecified atom stereocenters. The lowest BCUT2D eigenvalue weighted by atomic mass is 10.0. The third-order valence-electron chi connectivity index (χ3n) is 6.63. The molecule has 7 heteroatoms. The van der Waals surface area contributed by atoms with E-state index >= 15 is 0 Å². The van der Waals surface area contributed by atoms with E-state index in [2.05, 4.69) is 20.5 Å². The lowest BCUT2D eigenvalue weighted by molar-refractivity contribution is 0.123. The number of nitrogens with zero attached hydrogens (tertiary/aromatic N) is 3. The van der Waals surface area contributed by atoms with Gasteiger partial charge in [0.1, 0.15) is 11.6 Å². The highest BCUT2D eigenvalue weighted by molar-refractivity contribution is 7.99. The molecule has 0 bridgehead atoms. The minimum Gasteiger partial charge on any atom is -0.382 e. The predicted octanol–water partition coefficient (Wildman–Crippen LogP) is 3.79. The number of likely N-dealkylation sites (tertiary alicyclic amines) is 1. The van der Waals surface area contributed by atoms with Gasteiger partial charge in [-0.3, -0.25) is 4.90 Å². The van der Waals surface area contributed by atoms with Gasteiger partial charge in [-0.25, -0.2) is 14.4 Å². The van der Waals surface area contributed by atoms with Gasteiger partial charge in [-0.2, -0.15) is 11.8 Å². The van der Waals surface area contributed by atoms with Crippen molar-refractivity contribution in [3.8, 4) is 0 Å². The first-order valence-electron chi connectivity index (χ1n) is 11.0. The molecular weight excluding hydrogens is 385 g/mol. The number of aromatic nitrogens is 2. The maximum absolute atomic E-state index is 14.5. The minimum absolute atomic E-state index is 0.236. The number of piperidine rings is 1. The number of halogens is 1. The first-order valence-corrected chi connectivity index (χ1v) is 12.1. The van der Waals surface area contributed by atoms with Gasteiger partial charge < -0.3 is 10.6 Å². The topological polar surface area (TPSA) is 53.1 Å². The fourth-order valence-electron chi connectivity index (χ4n) is 4.72. The summed E-state index contributed by atoms with van der Waals surface area (Å²) in [6.45, 7) is 4.70. The zero-order valence-corrected chi connectivity index (χ0v) is 17.7. The Kier molecular flexibility index (Phi) is 5.88. The first kappa shape index (κ1) is 19.5. The van der Waals surface area contributed by atoms with Gasteiger partial charge in [0.2, 0.25) is 0 Å². The van der Waals surface area contributed by atoms with Gasteiger partial charge in [0.25, 0.3) is 0 Å². The van der Waals surface area contributed by atoms with E-state index in [9.17, 15) is 4.39 Å². The minimum atomic E-state index is -0.236. The molecule has 0 spiro atoms. The van der Waals surface area contributed by atoms with Crippen LogP contribution in [0.3, 0.4) is 0 Å². The molecule has 156 valence electrons. The monoisotopic (exact) mass is 415 g/mol. The summed E-state index contributed by atoms with van der Waals surface area (Å²) in [4.78, 5) is 11.8. The highest BCUT2D eigenvalue weighted by Crippen LogP contribution is 2.29. The predicted molar refractivity (Wildman–Crippen MR) is 118 cm³/mol. The number of fused-ring (bicyclic) bond motifs is 1. The van der Waals surface area contributed by atoms with Crippen LogP contribution in [0.1, 0.15) is 44.3 Å². The number of thioether (sulfide) groups is 1. The largest absolute Gasteiger partial charge is 0.382 e.